The van der Waals surface area contributed by atoms with Gasteiger partial charge < -0.3 is 0 Å². The van der Waals surface area contributed by atoms with Gasteiger partial charge in [0, 0.05) is 21.7 Å². The SMILES string of the molecule is N#Cc1c(N=Cc2ccccc2Cl)sc2c1CCC2. The van der Waals surface area contributed by atoms with E-state index in [1.54, 1.807) is 17.6 Å². The maximum atomic E-state index is 9.28. The number of fused-ring (bicyclic) bond motifs is 1. The zero-order valence-corrected chi connectivity index (χ0v) is 11.8. The minimum atomic E-state index is 0.675. The van der Waals surface area contributed by atoms with Crippen LogP contribution in [0.5, 0.6) is 0 Å². The average molecular weight is 287 g/mol. The highest BCUT2D eigenvalue weighted by molar-refractivity contribution is 7.16. The zero-order valence-electron chi connectivity index (χ0n) is 10.2. The van der Waals surface area contributed by atoms with E-state index in [0.29, 0.717) is 5.02 Å². The van der Waals surface area contributed by atoms with Crippen molar-refractivity contribution in [3.8, 4) is 6.07 Å². The van der Waals surface area contributed by atoms with Crippen molar-refractivity contribution in [2.45, 2.75) is 19.3 Å². The zero-order chi connectivity index (χ0) is 13.2. The number of thiophene rings is 1. The molecule has 0 amide bonds. The molecule has 3 rings (SSSR count). The number of aryl methyl sites for hydroxylation is 1. The molecule has 1 aliphatic rings. The third-order valence-corrected chi connectivity index (χ3v) is 4.78. The number of aliphatic imine (C=N–C) groups is 1. The number of hydrogen-bond donors (Lipinski definition) is 0. The Morgan fingerprint density at radius 1 is 1.32 bits per heavy atom. The summed E-state index contributed by atoms with van der Waals surface area (Å²) in [5, 5.41) is 10.8. The molecule has 0 radical (unpaired) electrons. The molecule has 2 nitrogen and oxygen atoms in total. The van der Waals surface area contributed by atoms with Crippen LogP contribution in [0.15, 0.2) is 29.3 Å². The van der Waals surface area contributed by atoms with Gasteiger partial charge in [0.25, 0.3) is 0 Å². The summed E-state index contributed by atoms with van der Waals surface area (Å²) in [6.45, 7) is 0. The van der Waals surface area contributed by atoms with Gasteiger partial charge in [-0.25, -0.2) is 4.99 Å². The topological polar surface area (TPSA) is 36.1 Å². The van der Waals surface area contributed by atoms with Crippen LogP contribution in [0.25, 0.3) is 0 Å². The maximum Gasteiger partial charge on any atom is 0.134 e. The van der Waals surface area contributed by atoms with Gasteiger partial charge in [-0.15, -0.1) is 11.3 Å². The van der Waals surface area contributed by atoms with Crippen LogP contribution in [0.2, 0.25) is 5.02 Å². The highest BCUT2D eigenvalue weighted by atomic mass is 35.5. The third kappa shape index (κ3) is 2.30. The fourth-order valence-electron chi connectivity index (χ4n) is 2.30. The van der Waals surface area contributed by atoms with Gasteiger partial charge in [-0.2, -0.15) is 5.26 Å². The van der Waals surface area contributed by atoms with Crippen molar-refractivity contribution in [2.75, 3.05) is 0 Å². The van der Waals surface area contributed by atoms with Crippen molar-refractivity contribution in [3.05, 3.63) is 50.9 Å². The van der Waals surface area contributed by atoms with Crippen LogP contribution in [0.3, 0.4) is 0 Å². The minimum absolute atomic E-state index is 0.675. The second-order valence-electron chi connectivity index (χ2n) is 4.43. The first-order valence-corrected chi connectivity index (χ1v) is 7.32. The predicted octanol–water partition coefficient (Wildman–Crippen LogP) is 4.51. The van der Waals surface area contributed by atoms with E-state index in [0.717, 1.165) is 35.4 Å². The van der Waals surface area contributed by atoms with Crippen molar-refractivity contribution in [1.29, 1.82) is 5.26 Å². The number of rotatable bonds is 2. The summed E-state index contributed by atoms with van der Waals surface area (Å²) in [5.74, 6) is 0. The molecule has 0 atom stereocenters. The molecule has 19 heavy (non-hydrogen) atoms. The van der Waals surface area contributed by atoms with Crippen molar-refractivity contribution in [3.63, 3.8) is 0 Å². The molecule has 2 aromatic rings. The summed E-state index contributed by atoms with van der Waals surface area (Å²) in [7, 11) is 0. The molecule has 0 N–H and O–H groups in total. The third-order valence-electron chi connectivity index (χ3n) is 3.24. The second-order valence-corrected chi connectivity index (χ2v) is 5.92. The van der Waals surface area contributed by atoms with E-state index in [9.17, 15) is 5.26 Å². The Morgan fingerprint density at radius 2 is 2.16 bits per heavy atom. The lowest BCUT2D eigenvalue weighted by Crippen LogP contribution is -1.83. The van der Waals surface area contributed by atoms with Crippen LogP contribution in [0.4, 0.5) is 5.00 Å². The van der Waals surface area contributed by atoms with Crippen molar-refractivity contribution in [1.82, 2.24) is 0 Å². The number of hydrogen-bond acceptors (Lipinski definition) is 3. The molecule has 4 heteroatoms. The molecule has 1 aromatic carbocycles. The number of benzene rings is 1. The largest absolute Gasteiger partial charge is 0.244 e. The Morgan fingerprint density at radius 3 is 2.95 bits per heavy atom. The lowest BCUT2D eigenvalue weighted by atomic mass is 10.1. The fraction of sp³-hybridized carbons (Fsp3) is 0.200. The molecular formula is C15H11ClN2S. The molecule has 94 valence electrons. The number of halogens is 1. The molecule has 0 unspecified atom stereocenters. The van der Waals surface area contributed by atoms with E-state index in [4.69, 9.17) is 11.6 Å². The monoisotopic (exact) mass is 286 g/mol. The molecule has 0 saturated carbocycles. The van der Waals surface area contributed by atoms with Crippen molar-refractivity contribution < 1.29 is 0 Å². The summed E-state index contributed by atoms with van der Waals surface area (Å²) < 4.78 is 0. The van der Waals surface area contributed by atoms with E-state index in [1.165, 1.54) is 10.4 Å². The van der Waals surface area contributed by atoms with Crippen LogP contribution >= 0.6 is 22.9 Å². The first kappa shape index (κ1) is 12.4. The van der Waals surface area contributed by atoms with Gasteiger partial charge in [-0.3, -0.25) is 0 Å². The average Bonchev–Trinajstić information content (AvgIpc) is 2.97. The van der Waals surface area contributed by atoms with E-state index < -0.39 is 0 Å². The fourth-order valence-corrected chi connectivity index (χ4v) is 3.67. The molecule has 0 saturated heterocycles. The quantitative estimate of drug-likeness (QED) is 0.748. The Kier molecular flexibility index (Phi) is 3.37. The van der Waals surface area contributed by atoms with E-state index in [1.807, 2.05) is 24.3 Å². The molecule has 0 aliphatic heterocycles. The number of nitrogens with zero attached hydrogens (tertiary/aromatic N) is 2. The highest BCUT2D eigenvalue weighted by Gasteiger charge is 2.21. The Balaban J connectivity index is 1.97. The number of nitriles is 1. The van der Waals surface area contributed by atoms with Gasteiger partial charge >= 0.3 is 0 Å². The minimum Gasteiger partial charge on any atom is -0.244 e. The first-order chi connectivity index (χ1) is 9.29. The predicted molar refractivity (Wildman–Crippen MR) is 79.8 cm³/mol. The van der Waals surface area contributed by atoms with Gasteiger partial charge in [0.1, 0.15) is 11.1 Å². The summed E-state index contributed by atoms with van der Waals surface area (Å²) in [6.07, 6.45) is 4.99. The Labute approximate surface area is 121 Å². The van der Waals surface area contributed by atoms with Gasteiger partial charge in [0.15, 0.2) is 0 Å². The second kappa shape index (κ2) is 5.16. The normalized spacial score (nSPS) is 13.7. The van der Waals surface area contributed by atoms with Crippen LogP contribution in [-0.2, 0) is 12.8 Å². The van der Waals surface area contributed by atoms with Gasteiger partial charge in [-0.05, 0) is 30.9 Å². The lowest BCUT2D eigenvalue weighted by Gasteiger charge is -1.96. The summed E-state index contributed by atoms with van der Waals surface area (Å²) >= 11 is 7.72. The van der Waals surface area contributed by atoms with Crippen LogP contribution < -0.4 is 0 Å². The van der Waals surface area contributed by atoms with Gasteiger partial charge in [-0.1, -0.05) is 29.8 Å². The van der Waals surface area contributed by atoms with Crippen LogP contribution in [0.1, 0.15) is 28.0 Å². The van der Waals surface area contributed by atoms with Crippen molar-refractivity contribution in [2.24, 2.45) is 4.99 Å². The molecular weight excluding hydrogens is 276 g/mol. The molecule has 1 aromatic heterocycles. The van der Waals surface area contributed by atoms with Gasteiger partial charge in [0.05, 0.1) is 5.56 Å². The van der Waals surface area contributed by atoms with Gasteiger partial charge in [0.2, 0.25) is 0 Å². The van der Waals surface area contributed by atoms with E-state index >= 15 is 0 Å². The molecule has 1 aliphatic carbocycles. The molecule has 0 spiro atoms. The van der Waals surface area contributed by atoms with Crippen LogP contribution in [0, 0.1) is 11.3 Å². The molecule has 0 fully saturated rings. The smallest absolute Gasteiger partial charge is 0.134 e. The molecule has 0 bridgehead atoms. The summed E-state index contributed by atoms with van der Waals surface area (Å²) in [5.41, 5.74) is 2.83. The van der Waals surface area contributed by atoms with Crippen molar-refractivity contribution >= 4 is 34.2 Å². The lowest BCUT2D eigenvalue weighted by molar-refractivity contribution is 0.913. The summed E-state index contributed by atoms with van der Waals surface area (Å²) in [4.78, 5) is 5.78. The Bertz CT molecular complexity index is 695. The standard InChI is InChI=1S/C15H11ClN2S/c16-13-6-2-1-4-10(13)9-18-15-12(8-17)11-5-3-7-14(11)19-15/h1-2,4,6,9H,3,5,7H2. The van der Waals surface area contributed by atoms with E-state index in [2.05, 4.69) is 11.1 Å². The Hall–Kier alpha value is -1.63. The van der Waals surface area contributed by atoms with Crippen LogP contribution in [-0.4, -0.2) is 6.21 Å². The first-order valence-electron chi connectivity index (χ1n) is 6.13. The summed E-state index contributed by atoms with van der Waals surface area (Å²) in [6, 6.07) is 9.85. The maximum absolute atomic E-state index is 9.28. The molecule has 1 heterocycles. The highest BCUT2D eigenvalue weighted by Crippen LogP contribution is 2.40. The van der Waals surface area contributed by atoms with E-state index in [-0.39, 0.29) is 0 Å².